The summed E-state index contributed by atoms with van der Waals surface area (Å²) in [5.74, 6) is 0.983. The van der Waals surface area contributed by atoms with E-state index in [1.54, 1.807) is 6.26 Å². The summed E-state index contributed by atoms with van der Waals surface area (Å²) in [6, 6.07) is 6.16. The molecule has 4 heteroatoms. The van der Waals surface area contributed by atoms with Crippen LogP contribution in [0.5, 0.6) is 0 Å². The van der Waals surface area contributed by atoms with Crippen LogP contribution in [0.3, 0.4) is 0 Å². The maximum atomic E-state index is 5.36. The van der Waals surface area contributed by atoms with Crippen molar-refractivity contribution in [3.05, 3.63) is 42.1 Å². The summed E-state index contributed by atoms with van der Waals surface area (Å²) in [5, 5.41) is 7.84. The molecule has 2 aromatic rings. The van der Waals surface area contributed by atoms with Gasteiger partial charge in [0.25, 0.3) is 0 Å². The highest BCUT2D eigenvalue weighted by atomic mass is 16.3. The lowest BCUT2D eigenvalue weighted by molar-refractivity contribution is 0.447. The maximum Gasteiger partial charge on any atom is 0.105 e. The van der Waals surface area contributed by atoms with Crippen LogP contribution in [0.2, 0.25) is 0 Å². The molecule has 0 aliphatic carbocycles. The van der Waals surface area contributed by atoms with Gasteiger partial charge in [0.15, 0.2) is 0 Å². The Labute approximate surface area is 95.3 Å². The number of likely N-dealkylation sites (N-methyl/N-ethyl adjacent to an activating group) is 1. The van der Waals surface area contributed by atoms with E-state index in [1.165, 1.54) is 0 Å². The smallest absolute Gasteiger partial charge is 0.105 e. The Morgan fingerprint density at radius 3 is 2.94 bits per heavy atom. The zero-order valence-corrected chi connectivity index (χ0v) is 9.68. The predicted molar refractivity (Wildman–Crippen MR) is 62.0 cm³/mol. The highest BCUT2D eigenvalue weighted by Gasteiger charge is 2.14. The van der Waals surface area contributed by atoms with Crippen molar-refractivity contribution in [2.75, 3.05) is 6.54 Å². The molecule has 0 aliphatic heterocycles. The molecule has 16 heavy (non-hydrogen) atoms. The first-order chi connectivity index (χ1) is 7.79. The van der Waals surface area contributed by atoms with Crippen LogP contribution in [0.4, 0.5) is 0 Å². The molecule has 2 heterocycles. The quantitative estimate of drug-likeness (QED) is 0.835. The molecule has 2 rings (SSSR count). The lowest BCUT2D eigenvalue weighted by atomic mass is 10.1. The molecule has 0 bridgehead atoms. The third-order valence-electron chi connectivity index (χ3n) is 2.53. The molecule has 0 radical (unpaired) electrons. The Balaban J connectivity index is 2.11. The van der Waals surface area contributed by atoms with Gasteiger partial charge in [-0.05, 0) is 24.7 Å². The number of aryl methyl sites for hydroxylation is 1. The van der Waals surface area contributed by atoms with Gasteiger partial charge in [-0.1, -0.05) is 6.92 Å². The lowest BCUT2D eigenvalue weighted by Crippen LogP contribution is -2.23. The highest BCUT2D eigenvalue weighted by molar-refractivity contribution is 5.10. The van der Waals surface area contributed by atoms with Crippen molar-refractivity contribution in [2.45, 2.75) is 19.4 Å². The van der Waals surface area contributed by atoms with Crippen LogP contribution in [0.1, 0.15) is 24.4 Å². The van der Waals surface area contributed by atoms with Gasteiger partial charge >= 0.3 is 0 Å². The molecule has 86 valence electrons. The van der Waals surface area contributed by atoms with Crippen molar-refractivity contribution in [3.63, 3.8) is 0 Å². The molecule has 0 amide bonds. The van der Waals surface area contributed by atoms with E-state index in [1.807, 2.05) is 36.1 Å². The number of hydrogen-bond donors (Lipinski definition) is 1. The van der Waals surface area contributed by atoms with Gasteiger partial charge in [0.2, 0.25) is 0 Å². The van der Waals surface area contributed by atoms with Crippen molar-refractivity contribution < 1.29 is 4.42 Å². The van der Waals surface area contributed by atoms with Crippen LogP contribution in [-0.4, -0.2) is 16.3 Å². The van der Waals surface area contributed by atoms with E-state index in [0.717, 1.165) is 24.4 Å². The fraction of sp³-hybridized carbons (Fsp3) is 0.417. The average Bonchev–Trinajstić information content (AvgIpc) is 2.88. The molecule has 0 saturated carbocycles. The molecular weight excluding hydrogens is 202 g/mol. The van der Waals surface area contributed by atoms with Gasteiger partial charge in [-0.3, -0.25) is 4.68 Å². The number of furan rings is 1. The van der Waals surface area contributed by atoms with Crippen molar-refractivity contribution in [1.82, 2.24) is 15.1 Å². The number of hydrogen-bond acceptors (Lipinski definition) is 3. The van der Waals surface area contributed by atoms with Gasteiger partial charge in [-0.25, -0.2) is 0 Å². The van der Waals surface area contributed by atoms with Crippen LogP contribution in [0.25, 0.3) is 0 Å². The zero-order chi connectivity index (χ0) is 11.4. The van der Waals surface area contributed by atoms with Crippen molar-refractivity contribution in [2.24, 2.45) is 7.05 Å². The molecule has 1 atom stereocenters. The number of aromatic nitrogens is 2. The Hall–Kier alpha value is -1.55. The van der Waals surface area contributed by atoms with Gasteiger partial charge in [-0.15, -0.1) is 0 Å². The minimum Gasteiger partial charge on any atom is -0.469 e. The molecule has 1 N–H and O–H groups in total. The summed E-state index contributed by atoms with van der Waals surface area (Å²) >= 11 is 0. The summed E-state index contributed by atoms with van der Waals surface area (Å²) in [4.78, 5) is 0. The van der Waals surface area contributed by atoms with E-state index < -0.39 is 0 Å². The largest absolute Gasteiger partial charge is 0.469 e. The van der Waals surface area contributed by atoms with Crippen LogP contribution < -0.4 is 5.32 Å². The summed E-state index contributed by atoms with van der Waals surface area (Å²) in [5.41, 5.74) is 1.06. The first kappa shape index (κ1) is 11.0. The lowest BCUT2D eigenvalue weighted by Gasteiger charge is -2.13. The Kier molecular flexibility index (Phi) is 3.41. The van der Waals surface area contributed by atoms with Gasteiger partial charge < -0.3 is 9.73 Å². The average molecular weight is 219 g/mol. The Bertz CT molecular complexity index is 419. The predicted octanol–water partition coefficient (Wildman–Crippen LogP) is 1.91. The van der Waals surface area contributed by atoms with Crippen molar-refractivity contribution in [1.29, 1.82) is 0 Å². The summed E-state index contributed by atoms with van der Waals surface area (Å²) in [6.45, 7) is 3.01. The van der Waals surface area contributed by atoms with Crippen LogP contribution in [-0.2, 0) is 13.5 Å². The van der Waals surface area contributed by atoms with E-state index in [-0.39, 0.29) is 6.04 Å². The normalized spacial score (nSPS) is 12.9. The summed E-state index contributed by atoms with van der Waals surface area (Å²) < 4.78 is 7.19. The minimum atomic E-state index is 0.220. The first-order valence-electron chi connectivity index (χ1n) is 5.55. The van der Waals surface area contributed by atoms with E-state index in [0.29, 0.717) is 0 Å². The van der Waals surface area contributed by atoms with Crippen LogP contribution >= 0.6 is 0 Å². The molecule has 0 saturated heterocycles. The molecule has 0 aliphatic rings. The molecule has 2 aromatic heterocycles. The Morgan fingerprint density at radius 1 is 1.50 bits per heavy atom. The second-order valence-corrected chi connectivity index (χ2v) is 3.81. The number of nitrogens with zero attached hydrogens (tertiary/aromatic N) is 2. The highest BCUT2D eigenvalue weighted by Crippen LogP contribution is 2.16. The standard InChI is InChI=1S/C12H17N3O/c1-3-13-12(9-10-5-4-8-16-10)11-6-7-15(2)14-11/h4-8,12-13H,3,9H2,1-2H3. The summed E-state index contributed by atoms with van der Waals surface area (Å²) in [7, 11) is 1.93. The minimum absolute atomic E-state index is 0.220. The second-order valence-electron chi connectivity index (χ2n) is 3.81. The van der Waals surface area contributed by atoms with Crippen molar-refractivity contribution >= 4 is 0 Å². The van der Waals surface area contributed by atoms with Gasteiger partial charge in [-0.2, -0.15) is 5.10 Å². The third-order valence-corrected chi connectivity index (χ3v) is 2.53. The monoisotopic (exact) mass is 219 g/mol. The van der Waals surface area contributed by atoms with Gasteiger partial charge in [0, 0.05) is 19.7 Å². The molecule has 0 spiro atoms. The van der Waals surface area contributed by atoms with Crippen LogP contribution in [0.15, 0.2) is 35.1 Å². The number of rotatable bonds is 5. The van der Waals surface area contributed by atoms with Crippen LogP contribution in [0, 0.1) is 0 Å². The fourth-order valence-corrected chi connectivity index (χ4v) is 1.78. The Morgan fingerprint density at radius 2 is 2.38 bits per heavy atom. The molecule has 1 unspecified atom stereocenters. The molecule has 0 fully saturated rings. The van der Waals surface area contributed by atoms with E-state index in [9.17, 15) is 0 Å². The van der Waals surface area contributed by atoms with Gasteiger partial charge in [0.1, 0.15) is 5.76 Å². The molecular formula is C12H17N3O. The SMILES string of the molecule is CCNC(Cc1ccco1)c1ccn(C)n1. The van der Waals surface area contributed by atoms with E-state index in [4.69, 9.17) is 4.42 Å². The van der Waals surface area contributed by atoms with E-state index >= 15 is 0 Å². The number of nitrogens with one attached hydrogen (secondary N) is 1. The topological polar surface area (TPSA) is 43.0 Å². The summed E-state index contributed by atoms with van der Waals surface area (Å²) in [6.07, 6.45) is 4.50. The van der Waals surface area contributed by atoms with Crippen molar-refractivity contribution in [3.8, 4) is 0 Å². The second kappa shape index (κ2) is 4.99. The van der Waals surface area contributed by atoms with Gasteiger partial charge in [0.05, 0.1) is 18.0 Å². The third kappa shape index (κ3) is 2.52. The zero-order valence-electron chi connectivity index (χ0n) is 9.68. The fourth-order valence-electron chi connectivity index (χ4n) is 1.78. The maximum absolute atomic E-state index is 5.36. The first-order valence-corrected chi connectivity index (χ1v) is 5.55. The molecule has 0 aromatic carbocycles. The van der Waals surface area contributed by atoms with E-state index in [2.05, 4.69) is 17.3 Å². The molecule has 4 nitrogen and oxygen atoms in total.